The van der Waals surface area contributed by atoms with Gasteiger partial charge in [-0.3, -0.25) is 4.79 Å². The number of nitrogens with zero attached hydrogens (tertiary/aromatic N) is 1. The van der Waals surface area contributed by atoms with Gasteiger partial charge in [-0.1, -0.05) is 26.8 Å². The Kier molecular flexibility index (Phi) is 4.41. The SMILES string of the molecule is CC(C)(C)CC(=O)N(Cc1ccc2c(c1)OCO2)C(C)(C)C. The summed E-state index contributed by atoms with van der Waals surface area (Å²) in [6, 6.07) is 5.87. The van der Waals surface area contributed by atoms with Crippen LogP contribution in [0.1, 0.15) is 53.5 Å². The molecular formula is C18H27NO3. The summed E-state index contributed by atoms with van der Waals surface area (Å²) in [6.07, 6.45) is 0.537. The molecule has 0 unspecified atom stereocenters. The highest BCUT2D eigenvalue weighted by Gasteiger charge is 2.29. The molecule has 0 saturated carbocycles. The van der Waals surface area contributed by atoms with Crippen LogP contribution in [0.15, 0.2) is 18.2 Å². The van der Waals surface area contributed by atoms with Crippen molar-refractivity contribution in [2.75, 3.05) is 6.79 Å². The highest BCUT2D eigenvalue weighted by molar-refractivity contribution is 5.77. The molecule has 122 valence electrons. The number of rotatable bonds is 3. The van der Waals surface area contributed by atoms with Crippen LogP contribution in [0, 0.1) is 5.41 Å². The van der Waals surface area contributed by atoms with Crippen molar-refractivity contribution < 1.29 is 14.3 Å². The van der Waals surface area contributed by atoms with E-state index in [1.54, 1.807) is 0 Å². The van der Waals surface area contributed by atoms with Crippen LogP contribution < -0.4 is 9.47 Å². The van der Waals surface area contributed by atoms with Crippen LogP contribution in [-0.2, 0) is 11.3 Å². The number of benzene rings is 1. The lowest BCUT2D eigenvalue weighted by molar-refractivity contribution is -0.138. The van der Waals surface area contributed by atoms with Crippen molar-refractivity contribution in [3.05, 3.63) is 23.8 Å². The topological polar surface area (TPSA) is 38.8 Å². The molecule has 0 atom stereocenters. The number of carbonyl (C=O) groups excluding carboxylic acids is 1. The van der Waals surface area contributed by atoms with Crippen LogP contribution >= 0.6 is 0 Å². The van der Waals surface area contributed by atoms with Crippen molar-refractivity contribution in [2.45, 2.75) is 60.0 Å². The minimum absolute atomic E-state index is 0.0184. The maximum absolute atomic E-state index is 12.7. The van der Waals surface area contributed by atoms with Crippen LogP contribution in [0.2, 0.25) is 0 Å². The van der Waals surface area contributed by atoms with Crippen molar-refractivity contribution in [3.63, 3.8) is 0 Å². The van der Waals surface area contributed by atoms with Gasteiger partial charge in [-0.05, 0) is 43.9 Å². The van der Waals surface area contributed by atoms with Crippen molar-refractivity contribution in [2.24, 2.45) is 5.41 Å². The third kappa shape index (κ3) is 4.15. The van der Waals surface area contributed by atoms with E-state index in [1.165, 1.54) is 0 Å². The zero-order valence-corrected chi connectivity index (χ0v) is 14.5. The first-order valence-corrected chi connectivity index (χ1v) is 7.75. The third-order valence-corrected chi connectivity index (χ3v) is 3.57. The second-order valence-electron chi connectivity index (χ2n) is 8.08. The van der Waals surface area contributed by atoms with E-state index in [0.29, 0.717) is 13.0 Å². The molecule has 22 heavy (non-hydrogen) atoms. The number of carbonyl (C=O) groups is 1. The molecule has 0 spiro atoms. The Morgan fingerprint density at radius 2 is 1.73 bits per heavy atom. The molecule has 1 aliphatic rings. The van der Waals surface area contributed by atoms with E-state index in [4.69, 9.17) is 9.47 Å². The third-order valence-electron chi connectivity index (χ3n) is 3.57. The van der Waals surface area contributed by atoms with Crippen molar-refractivity contribution in [1.82, 2.24) is 4.90 Å². The molecule has 2 rings (SSSR count). The van der Waals surface area contributed by atoms with Gasteiger partial charge in [-0.2, -0.15) is 0 Å². The maximum Gasteiger partial charge on any atom is 0.231 e. The van der Waals surface area contributed by atoms with Crippen LogP contribution in [0.4, 0.5) is 0 Å². The lowest BCUT2D eigenvalue weighted by Gasteiger charge is -2.37. The van der Waals surface area contributed by atoms with Gasteiger partial charge in [0.25, 0.3) is 0 Å². The quantitative estimate of drug-likeness (QED) is 0.848. The summed E-state index contributed by atoms with van der Waals surface area (Å²) in [7, 11) is 0. The van der Waals surface area contributed by atoms with Gasteiger partial charge in [0.05, 0.1) is 0 Å². The summed E-state index contributed by atoms with van der Waals surface area (Å²) >= 11 is 0. The molecule has 1 aromatic rings. The Balaban J connectivity index is 2.18. The van der Waals surface area contributed by atoms with Crippen molar-refractivity contribution in [1.29, 1.82) is 0 Å². The van der Waals surface area contributed by atoms with Crippen LogP contribution in [-0.4, -0.2) is 23.1 Å². The highest BCUT2D eigenvalue weighted by atomic mass is 16.7. The zero-order chi connectivity index (χ0) is 16.5. The first-order valence-electron chi connectivity index (χ1n) is 7.75. The molecule has 0 saturated heterocycles. The zero-order valence-electron chi connectivity index (χ0n) is 14.5. The van der Waals surface area contributed by atoms with Gasteiger partial charge in [0.2, 0.25) is 12.7 Å². The predicted molar refractivity (Wildman–Crippen MR) is 86.9 cm³/mol. The van der Waals surface area contributed by atoms with Crippen molar-refractivity contribution >= 4 is 5.91 Å². The monoisotopic (exact) mass is 305 g/mol. The Morgan fingerprint density at radius 1 is 1.09 bits per heavy atom. The smallest absolute Gasteiger partial charge is 0.231 e. The maximum atomic E-state index is 12.7. The number of hydrogen-bond acceptors (Lipinski definition) is 3. The summed E-state index contributed by atoms with van der Waals surface area (Å²) in [5, 5.41) is 0. The first-order chi connectivity index (χ1) is 10.1. The van der Waals surface area contributed by atoms with E-state index in [-0.39, 0.29) is 23.7 Å². The molecule has 1 aliphatic heterocycles. The van der Waals surface area contributed by atoms with E-state index in [9.17, 15) is 4.79 Å². The van der Waals surface area contributed by atoms with Gasteiger partial charge < -0.3 is 14.4 Å². The fourth-order valence-electron chi connectivity index (χ4n) is 2.47. The molecule has 0 bridgehead atoms. The average Bonchev–Trinajstić information content (AvgIpc) is 2.79. The summed E-state index contributed by atoms with van der Waals surface area (Å²) in [4.78, 5) is 14.7. The van der Waals surface area contributed by atoms with Crippen LogP contribution in [0.5, 0.6) is 11.5 Å². The Morgan fingerprint density at radius 3 is 2.32 bits per heavy atom. The Labute approximate surface area is 133 Å². The molecule has 0 radical (unpaired) electrons. The largest absolute Gasteiger partial charge is 0.454 e. The Hall–Kier alpha value is -1.71. The van der Waals surface area contributed by atoms with Gasteiger partial charge in [0.15, 0.2) is 11.5 Å². The lowest BCUT2D eigenvalue weighted by Crippen LogP contribution is -2.46. The number of ether oxygens (including phenoxy) is 2. The molecule has 1 amide bonds. The van der Waals surface area contributed by atoms with E-state index >= 15 is 0 Å². The summed E-state index contributed by atoms with van der Waals surface area (Å²) in [5.41, 5.74) is 0.815. The molecule has 4 nitrogen and oxygen atoms in total. The van der Waals surface area contributed by atoms with E-state index in [1.807, 2.05) is 23.1 Å². The summed E-state index contributed by atoms with van der Waals surface area (Å²) < 4.78 is 10.8. The van der Waals surface area contributed by atoms with Gasteiger partial charge in [-0.15, -0.1) is 0 Å². The number of fused-ring (bicyclic) bond motifs is 1. The predicted octanol–water partition coefficient (Wildman–Crippen LogP) is 3.98. The Bertz CT molecular complexity index is 552. The minimum Gasteiger partial charge on any atom is -0.454 e. The van der Waals surface area contributed by atoms with Gasteiger partial charge >= 0.3 is 0 Å². The number of amides is 1. The standard InChI is InChI=1S/C18H27NO3/c1-17(2,3)10-16(20)19(18(4,5)6)11-13-7-8-14-15(9-13)22-12-21-14/h7-9H,10-12H2,1-6H3. The summed E-state index contributed by atoms with van der Waals surface area (Å²) in [6.45, 7) is 13.3. The van der Waals surface area contributed by atoms with E-state index in [2.05, 4.69) is 41.5 Å². The molecule has 0 aliphatic carbocycles. The van der Waals surface area contributed by atoms with Crippen LogP contribution in [0.3, 0.4) is 0 Å². The average molecular weight is 305 g/mol. The summed E-state index contributed by atoms with van der Waals surface area (Å²) in [5.74, 6) is 1.71. The van der Waals surface area contributed by atoms with Crippen molar-refractivity contribution in [3.8, 4) is 11.5 Å². The fourth-order valence-corrected chi connectivity index (χ4v) is 2.47. The fraction of sp³-hybridized carbons (Fsp3) is 0.611. The molecule has 0 aromatic heterocycles. The minimum atomic E-state index is -0.224. The normalized spacial score (nSPS) is 14.1. The second-order valence-corrected chi connectivity index (χ2v) is 8.08. The number of hydrogen-bond donors (Lipinski definition) is 0. The van der Waals surface area contributed by atoms with Gasteiger partial charge in [0, 0.05) is 18.5 Å². The molecule has 1 heterocycles. The van der Waals surface area contributed by atoms with E-state index in [0.717, 1.165) is 17.1 Å². The molecule has 0 N–H and O–H groups in total. The molecule has 1 aromatic carbocycles. The van der Waals surface area contributed by atoms with Gasteiger partial charge in [0.1, 0.15) is 0 Å². The van der Waals surface area contributed by atoms with Crippen LogP contribution in [0.25, 0.3) is 0 Å². The molecular weight excluding hydrogens is 278 g/mol. The second kappa shape index (κ2) is 5.82. The van der Waals surface area contributed by atoms with E-state index < -0.39 is 0 Å². The lowest BCUT2D eigenvalue weighted by atomic mass is 9.90. The first kappa shape index (κ1) is 16.7. The highest BCUT2D eigenvalue weighted by Crippen LogP contribution is 2.33. The molecule has 4 heteroatoms. The van der Waals surface area contributed by atoms with Gasteiger partial charge in [-0.25, -0.2) is 0 Å². The molecule has 0 fully saturated rings.